The van der Waals surface area contributed by atoms with Gasteiger partial charge in [0, 0.05) is 5.02 Å². The molecule has 0 bridgehead atoms. The number of para-hydroxylation sites is 2. The number of hydrogen-bond donors (Lipinski definition) is 1. The van der Waals surface area contributed by atoms with Crippen LogP contribution in [0, 0.1) is 5.82 Å². The van der Waals surface area contributed by atoms with E-state index in [-0.39, 0.29) is 5.75 Å². The van der Waals surface area contributed by atoms with Crippen molar-refractivity contribution in [1.29, 1.82) is 0 Å². The molecule has 4 nitrogen and oxygen atoms in total. The molecule has 1 amide bonds. The minimum Gasteiger partial charge on any atom is -0.478 e. The van der Waals surface area contributed by atoms with E-state index in [1.54, 1.807) is 49.4 Å². The van der Waals surface area contributed by atoms with Gasteiger partial charge in [-0.05, 0) is 48.9 Å². The molecule has 0 fully saturated rings. The molecule has 3 aromatic carbocycles. The predicted molar refractivity (Wildman–Crippen MR) is 108 cm³/mol. The first kappa shape index (κ1) is 19.7. The van der Waals surface area contributed by atoms with Gasteiger partial charge in [0.1, 0.15) is 5.75 Å². The highest BCUT2D eigenvalue weighted by molar-refractivity contribution is 6.31. The standard InChI is InChI=1S/C22H19ClFNO3/c1-2-19(28-20-11-7-6-10-17(20)24)22(26)25-18-14-15(23)12-13-21(18)27-16-8-4-3-5-9-16/h3-14,19H,2H2,1H3,(H,25,26)/t19-/m1/s1. The van der Waals surface area contributed by atoms with Crippen molar-refractivity contribution in [2.75, 3.05) is 5.32 Å². The lowest BCUT2D eigenvalue weighted by Gasteiger charge is -2.19. The molecule has 6 heteroatoms. The zero-order chi connectivity index (χ0) is 19.9. The fraction of sp³-hybridized carbons (Fsp3) is 0.136. The highest BCUT2D eigenvalue weighted by Gasteiger charge is 2.21. The maximum atomic E-state index is 13.8. The Morgan fingerprint density at radius 2 is 1.75 bits per heavy atom. The third-order valence-corrected chi connectivity index (χ3v) is 4.17. The summed E-state index contributed by atoms with van der Waals surface area (Å²) in [6.07, 6.45) is -0.518. The quantitative estimate of drug-likeness (QED) is 0.524. The minimum atomic E-state index is -0.875. The lowest BCUT2D eigenvalue weighted by molar-refractivity contribution is -0.122. The van der Waals surface area contributed by atoms with E-state index < -0.39 is 17.8 Å². The molecule has 0 saturated heterocycles. The number of carbonyl (C=O) groups excluding carboxylic acids is 1. The Hall–Kier alpha value is -3.05. The Morgan fingerprint density at radius 3 is 2.46 bits per heavy atom. The van der Waals surface area contributed by atoms with Gasteiger partial charge in [-0.1, -0.05) is 48.9 Å². The molecule has 0 unspecified atom stereocenters. The van der Waals surface area contributed by atoms with E-state index in [2.05, 4.69) is 5.32 Å². The van der Waals surface area contributed by atoms with Gasteiger partial charge in [-0.2, -0.15) is 0 Å². The molecule has 0 aliphatic heterocycles. The van der Waals surface area contributed by atoms with Gasteiger partial charge in [0.25, 0.3) is 5.91 Å². The van der Waals surface area contributed by atoms with Crippen molar-refractivity contribution in [1.82, 2.24) is 0 Å². The van der Waals surface area contributed by atoms with Crippen molar-refractivity contribution in [2.45, 2.75) is 19.4 Å². The maximum Gasteiger partial charge on any atom is 0.265 e. The molecule has 0 saturated carbocycles. The molecule has 1 N–H and O–H groups in total. The van der Waals surface area contributed by atoms with Crippen molar-refractivity contribution in [3.63, 3.8) is 0 Å². The number of nitrogens with one attached hydrogen (secondary N) is 1. The second-order valence-electron chi connectivity index (χ2n) is 5.99. The first-order valence-electron chi connectivity index (χ1n) is 8.81. The molecule has 0 radical (unpaired) electrons. The van der Waals surface area contributed by atoms with Gasteiger partial charge in [0.2, 0.25) is 0 Å². The largest absolute Gasteiger partial charge is 0.478 e. The van der Waals surface area contributed by atoms with Crippen LogP contribution in [0.1, 0.15) is 13.3 Å². The van der Waals surface area contributed by atoms with Gasteiger partial charge in [-0.25, -0.2) is 4.39 Å². The minimum absolute atomic E-state index is 0.0244. The molecule has 0 aromatic heterocycles. The van der Waals surface area contributed by atoms with E-state index >= 15 is 0 Å². The summed E-state index contributed by atoms with van der Waals surface area (Å²) in [4.78, 5) is 12.7. The molecular formula is C22H19ClFNO3. The van der Waals surface area contributed by atoms with E-state index in [9.17, 15) is 9.18 Å². The third-order valence-electron chi connectivity index (χ3n) is 3.94. The van der Waals surface area contributed by atoms with Crippen LogP contribution < -0.4 is 14.8 Å². The summed E-state index contributed by atoms with van der Waals surface area (Å²) in [5.74, 6) is 0.131. The Bertz CT molecular complexity index is 950. The average Bonchev–Trinajstić information content (AvgIpc) is 2.70. The molecular weight excluding hydrogens is 381 g/mol. The highest BCUT2D eigenvalue weighted by atomic mass is 35.5. The van der Waals surface area contributed by atoms with Crippen molar-refractivity contribution >= 4 is 23.2 Å². The van der Waals surface area contributed by atoms with Crippen molar-refractivity contribution in [3.05, 3.63) is 83.6 Å². The number of carbonyl (C=O) groups is 1. The second kappa shape index (κ2) is 9.24. The normalized spacial score (nSPS) is 11.5. The van der Waals surface area contributed by atoms with Gasteiger partial charge in [0.05, 0.1) is 5.69 Å². The first-order chi connectivity index (χ1) is 13.6. The van der Waals surface area contributed by atoms with Gasteiger partial charge in [0.15, 0.2) is 23.4 Å². The number of hydrogen-bond acceptors (Lipinski definition) is 3. The number of benzene rings is 3. The summed E-state index contributed by atoms with van der Waals surface area (Å²) >= 11 is 6.08. The third kappa shape index (κ3) is 5.02. The van der Waals surface area contributed by atoms with Crippen LogP contribution in [0.25, 0.3) is 0 Å². The van der Waals surface area contributed by atoms with Crippen LogP contribution in [0.3, 0.4) is 0 Å². The van der Waals surface area contributed by atoms with E-state index in [1.165, 1.54) is 12.1 Å². The lowest BCUT2D eigenvalue weighted by atomic mass is 10.2. The summed E-state index contributed by atoms with van der Waals surface area (Å²) in [6.45, 7) is 1.78. The van der Waals surface area contributed by atoms with Crippen molar-refractivity contribution in [2.24, 2.45) is 0 Å². The van der Waals surface area contributed by atoms with Crippen LogP contribution in [0.5, 0.6) is 17.2 Å². The van der Waals surface area contributed by atoms with Crippen LogP contribution in [-0.2, 0) is 4.79 Å². The van der Waals surface area contributed by atoms with E-state index in [0.717, 1.165) is 0 Å². The summed E-state index contributed by atoms with van der Waals surface area (Å²) in [6, 6.07) is 20.1. The molecule has 0 heterocycles. The summed E-state index contributed by atoms with van der Waals surface area (Å²) in [5, 5.41) is 3.21. The Balaban J connectivity index is 1.78. The van der Waals surface area contributed by atoms with Crippen LogP contribution >= 0.6 is 11.6 Å². The van der Waals surface area contributed by atoms with Crippen molar-refractivity contribution in [3.8, 4) is 17.2 Å². The molecule has 144 valence electrons. The Morgan fingerprint density at radius 1 is 1.04 bits per heavy atom. The average molecular weight is 400 g/mol. The Labute approximate surface area is 167 Å². The van der Waals surface area contributed by atoms with Gasteiger partial charge >= 0.3 is 0 Å². The van der Waals surface area contributed by atoms with Crippen LogP contribution in [0.15, 0.2) is 72.8 Å². The number of halogens is 2. The summed E-state index contributed by atoms with van der Waals surface area (Å²) in [5.41, 5.74) is 0.400. The fourth-order valence-electron chi connectivity index (χ4n) is 2.53. The number of ether oxygens (including phenoxy) is 2. The van der Waals surface area contributed by atoms with Gasteiger partial charge in [-0.15, -0.1) is 0 Å². The monoisotopic (exact) mass is 399 g/mol. The van der Waals surface area contributed by atoms with Crippen molar-refractivity contribution < 1.29 is 18.7 Å². The van der Waals surface area contributed by atoms with Crippen LogP contribution in [-0.4, -0.2) is 12.0 Å². The predicted octanol–water partition coefficient (Wildman–Crippen LogP) is 6.07. The van der Waals surface area contributed by atoms with Crippen LogP contribution in [0.4, 0.5) is 10.1 Å². The Kier molecular flexibility index (Phi) is 6.50. The molecule has 0 spiro atoms. The number of anilines is 1. The topological polar surface area (TPSA) is 47.6 Å². The smallest absolute Gasteiger partial charge is 0.265 e. The molecule has 0 aliphatic carbocycles. The molecule has 3 rings (SSSR count). The van der Waals surface area contributed by atoms with E-state index in [1.807, 2.05) is 18.2 Å². The van der Waals surface area contributed by atoms with Gasteiger partial charge in [-0.3, -0.25) is 4.79 Å². The molecule has 1 atom stereocenters. The maximum absolute atomic E-state index is 13.8. The van der Waals surface area contributed by atoms with E-state index in [4.69, 9.17) is 21.1 Å². The summed E-state index contributed by atoms with van der Waals surface area (Å²) in [7, 11) is 0. The van der Waals surface area contributed by atoms with Gasteiger partial charge < -0.3 is 14.8 Å². The second-order valence-corrected chi connectivity index (χ2v) is 6.43. The number of amides is 1. The van der Waals surface area contributed by atoms with Crippen LogP contribution in [0.2, 0.25) is 5.02 Å². The zero-order valence-corrected chi connectivity index (χ0v) is 15.9. The zero-order valence-electron chi connectivity index (χ0n) is 15.2. The fourth-order valence-corrected chi connectivity index (χ4v) is 2.71. The number of rotatable bonds is 7. The molecule has 3 aromatic rings. The summed E-state index contributed by atoms with van der Waals surface area (Å²) < 4.78 is 25.2. The first-order valence-corrected chi connectivity index (χ1v) is 9.19. The van der Waals surface area contributed by atoms with E-state index in [0.29, 0.717) is 28.6 Å². The lowest BCUT2D eigenvalue weighted by Crippen LogP contribution is -2.32. The highest BCUT2D eigenvalue weighted by Crippen LogP contribution is 2.32. The molecule has 28 heavy (non-hydrogen) atoms. The SMILES string of the molecule is CC[C@@H](Oc1ccccc1F)C(=O)Nc1cc(Cl)ccc1Oc1ccccc1. The molecule has 0 aliphatic rings.